The van der Waals surface area contributed by atoms with Gasteiger partial charge in [0.2, 0.25) is 11.8 Å². The predicted octanol–water partition coefficient (Wildman–Crippen LogP) is 2.52. The Balaban J connectivity index is 1.85. The minimum Gasteiger partial charge on any atom is -0.508 e. The van der Waals surface area contributed by atoms with Gasteiger partial charge in [-0.15, -0.1) is 0 Å². The van der Waals surface area contributed by atoms with Crippen LogP contribution < -0.4 is 16.4 Å². The Morgan fingerprint density at radius 1 is 1.10 bits per heavy atom. The summed E-state index contributed by atoms with van der Waals surface area (Å²) in [4.78, 5) is 25.2. The van der Waals surface area contributed by atoms with E-state index in [1.165, 1.54) is 5.56 Å². The second-order valence-corrected chi connectivity index (χ2v) is 8.33. The summed E-state index contributed by atoms with van der Waals surface area (Å²) in [5.74, 6) is -0.434. The van der Waals surface area contributed by atoms with Crippen molar-refractivity contribution in [2.75, 3.05) is 6.54 Å². The average Bonchev–Trinajstić information content (AvgIpc) is 2.68. The molecule has 0 bridgehead atoms. The maximum absolute atomic E-state index is 12.6. The molecule has 0 aromatic heterocycles. The van der Waals surface area contributed by atoms with Gasteiger partial charge >= 0.3 is 0 Å². The molecule has 30 heavy (non-hydrogen) atoms. The molecule has 0 saturated carbocycles. The molecule has 0 heterocycles. The SMILES string of the molecule is Cc1cc(O)cc(C)c1CC(N)C(=O)NC(C)(C)C(=O)NCCCc1ccccc1. The molecule has 6 nitrogen and oxygen atoms in total. The van der Waals surface area contributed by atoms with Crippen LogP contribution in [-0.4, -0.2) is 35.0 Å². The Labute approximate surface area is 178 Å². The molecule has 1 atom stereocenters. The van der Waals surface area contributed by atoms with Crippen molar-refractivity contribution < 1.29 is 14.7 Å². The summed E-state index contributed by atoms with van der Waals surface area (Å²) in [6, 6.07) is 12.6. The number of carbonyl (C=O) groups is 2. The van der Waals surface area contributed by atoms with Crippen molar-refractivity contribution in [3.63, 3.8) is 0 Å². The zero-order valence-corrected chi connectivity index (χ0v) is 18.3. The average molecular weight is 412 g/mol. The molecule has 0 aliphatic rings. The van der Waals surface area contributed by atoms with Crippen molar-refractivity contribution in [3.8, 4) is 5.75 Å². The number of aryl methyl sites for hydroxylation is 3. The Bertz CT molecular complexity index is 856. The van der Waals surface area contributed by atoms with Crippen LogP contribution >= 0.6 is 0 Å². The van der Waals surface area contributed by atoms with E-state index in [1.54, 1.807) is 26.0 Å². The lowest BCUT2D eigenvalue weighted by atomic mass is 9.95. The van der Waals surface area contributed by atoms with Crippen molar-refractivity contribution in [2.45, 2.75) is 58.5 Å². The minimum absolute atomic E-state index is 0.192. The fourth-order valence-corrected chi connectivity index (χ4v) is 3.42. The molecular weight excluding hydrogens is 378 g/mol. The number of nitrogens with one attached hydrogen (secondary N) is 2. The number of amides is 2. The van der Waals surface area contributed by atoms with Gasteiger partial charge in [-0.1, -0.05) is 30.3 Å². The van der Waals surface area contributed by atoms with Gasteiger partial charge in [0.05, 0.1) is 6.04 Å². The van der Waals surface area contributed by atoms with E-state index in [2.05, 4.69) is 22.8 Å². The zero-order chi connectivity index (χ0) is 22.3. The van der Waals surface area contributed by atoms with E-state index in [4.69, 9.17) is 5.73 Å². The summed E-state index contributed by atoms with van der Waals surface area (Å²) in [5.41, 5.74) is 8.96. The number of phenols is 1. The van der Waals surface area contributed by atoms with Gasteiger partial charge in [0.15, 0.2) is 0 Å². The molecule has 6 heteroatoms. The molecule has 0 radical (unpaired) electrons. The Kier molecular flexibility index (Phi) is 8.00. The molecule has 0 spiro atoms. The van der Waals surface area contributed by atoms with Crippen LogP contribution in [-0.2, 0) is 22.4 Å². The molecular formula is C24H33N3O3. The number of hydrogen-bond acceptors (Lipinski definition) is 4. The number of rotatable bonds is 9. The molecule has 2 aromatic carbocycles. The van der Waals surface area contributed by atoms with Gasteiger partial charge < -0.3 is 21.5 Å². The molecule has 2 amide bonds. The van der Waals surface area contributed by atoms with Crippen LogP contribution in [0.2, 0.25) is 0 Å². The highest BCUT2D eigenvalue weighted by Gasteiger charge is 2.31. The summed E-state index contributed by atoms with van der Waals surface area (Å²) in [6.07, 6.45) is 2.03. The Morgan fingerprint density at radius 2 is 1.70 bits per heavy atom. The number of aromatic hydroxyl groups is 1. The lowest BCUT2D eigenvalue weighted by molar-refractivity contribution is -0.132. The van der Waals surface area contributed by atoms with Crippen LogP contribution in [0.5, 0.6) is 5.75 Å². The lowest BCUT2D eigenvalue weighted by Crippen LogP contribution is -2.58. The van der Waals surface area contributed by atoms with Crippen molar-refractivity contribution in [1.29, 1.82) is 0 Å². The second-order valence-electron chi connectivity index (χ2n) is 8.33. The molecule has 0 aliphatic heterocycles. The summed E-state index contributed by atoms with van der Waals surface area (Å²) < 4.78 is 0. The maximum Gasteiger partial charge on any atom is 0.245 e. The third-order valence-electron chi connectivity index (χ3n) is 5.22. The Morgan fingerprint density at radius 3 is 2.30 bits per heavy atom. The molecule has 2 rings (SSSR count). The van der Waals surface area contributed by atoms with E-state index >= 15 is 0 Å². The third-order valence-corrected chi connectivity index (χ3v) is 5.22. The van der Waals surface area contributed by atoms with E-state index in [-0.39, 0.29) is 17.6 Å². The molecule has 0 saturated heterocycles. The van der Waals surface area contributed by atoms with E-state index in [0.717, 1.165) is 29.5 Å². The lowest BCUT2D eigenvalue weighted by Gasteiger charge is -2.27. The maximum atomic E-state index is 12.6. The number of nitrogens with two attached hydrogens (primary N) is 1. The fraction of sp³-hybridized carbons (Fsp3) is 0.417. The van der Waals surface area contributed by atoms with Gasteiger partial charge in [0, 0.05) is 6.54 Å². The standard InChI is InChI=1S/C24H33N3O3/c1-16-13-19(28)14-17(2)20(16)15-21(25)22(29)27-24(3,4)23(30)26-12-8-11-18-9-6-5-7-10-18/h5-7,9-10,13-14,21,28H,8,11-12,15,25H2,1-4H3,(H,26,30)(H,27,29). The summed E-state index contributed by atoms with van der Waals surface area (Å²) in [5, 5.41) is 15.3. The molecule has 5 N–H and O–H groups in total. The van der Waals surface area contributed by atoms with Crippen LogP contribution in [0.4, 0.5) is 0 Å². The first-order valence-electron chi connectivity index (χ1n) is 10.3. The Hall–Kier alpha value is -2.86. The largest absolute Gasteiger partial charge is 0.508 e. The highest BCUT2D eigenvalue weighted by atomic mass is 16.3. The van der Waals surface area contributed by atoms with Crippen molar-refractivity contribution in [1.82, 2.24) is 10.6 Å². The highest BCUT2D eigenvalue weighted by molar-refractivity contribution is 5.92. The normalized spacial score (nSPS) is 12.3. The second kappa shape index (κ2) is 10.3. The van der Waals surface area contributed by atoms with E-state index < -0.39 is 11.6 Å². The molecule has 1 unspecified atom stereocenters. The monoisotopic (exact) mass is 411 g/mol. The minimum atomic E-state index is -1.07. The first kappa shape index (κ1) is 23.4. The predicted molar refractivity (Wildman–Crippen MR) is 119 cm³/mol. The highest BCUT2D eigenvalue weighted by Crippen LogP contribution is 2.22. The first-order valence-corrected chi connectivity index (χ1v) is 10.3. The number of hydrogen-bond donors (Lipinski definition) is 4. The van der Waals surface area contributed by atoms with Crippen LogP contribution in [0.3, 0.4) is 0 Å². The van der Waals surface area contributed by atoms with Crippen LogP contribution in [0, 0.1) is 13.8 Å². The van der Waals surface area contributed by atoms with Crippen molar-refractivity contribution >= 4 is 11.8 Å². The van der Waals surface area contributed by atoms with Gasteiger partial charge in [-0.05, 0) is 81.3 Å². The van der Waals surface area contributed by atoms with Gasteiger partial charge in [-0.25, -0.2) is 0 Å². The third kappa shape index (κ3) is 6.59. The van der Waals surface area contributed by atoms with E-state index in [1.807, 2.05) is 32.0 Å². The van der Waals surface area contributed by atoms with Gasteiger partial charge in [0.25, 0.3) is 0 Å². The summed E-state index contributed by atoms with van der Waals surface area (Å²) in [6.45, 7) is 7.62. The van der Waals surface area contributed by atoms with Crippen LogP contribution in [0.1, 0.15) is 42.5 Å². The van der Waals surface area contributed by atoms with Gasteiger partial charge in [-0.2, -0.15) is 0 Å². The van der Waals surface area contributed by atoms with Crippen LogP contribution in [0.15, 0.2) is 42.5 Å². The first-order chi connectivity index (χ1) is 14.1. The molecule has 0 fully saturated rings. The quantitative estimate of drug-likeness (QED) is 0.476. The van der Waals surface area contributed by atoms with Gasteiger partial charge in [-0.3, -0.25) is 9.59 Å². The van der Waals surface area contributed by atoms with Gasteiger partial charge in [0.1, 0.15) is 11.3 Å². The summed E-state index contributed by atoms with van der Waals surface area (Å²) >= 11 is 0. The number of phenolic OH excluding ortho intramolecular Hbond substituents is 1. The smallest absolute Gasteiger partial charge is 0.245 e. The van der Waals surface area contributed by atoms with Crippen molar-refractivity contribution in [2.24, 2.45) is 5.73 Å². The van der Waals surface area contributed by atoms with Crippen molar-refractivity contribution in [3.05, 3.63) is 64.7 Å². The molecule has 162 valence electrons. The topological polar surface area (TPSA) is 104 Å². The fourth-order valence-electron chi connectivity index (χ4n) is 3.42. The number of benzene rings is 2. The molecule has 2 aromatic rings. The summed E-state index contributed by atoms with van der Waals surface area (Å²) in [7, 11) is 0. The van der Waals surface area contributed by atoms with E-state index in [0.29, 0.717) is 13.0 Å². The number of carbonyl (C=O) groups excluding carboxylic acids is 2. The van der Waals surface area contributed by atoms with Crippen LogP contribution in [0.25, 0.3) is 0 Å². The zero-order valence-electron chi connectivity index (χ0n) is 18.3. The molecule has 0 aliphatic carbocycles. The van der Waals surface area contributed by atoms with E-state index in [9.17, 15) is 14.7 Å².